The maximum Gasteiger partial charge on any atom is 0.262 e. The van der Waals surface area contributed by atoms with Gasteiger partial charge in [-0.05, 0) is 52.2 Å². The van der Waals surface area contributed by atoms with E-state index in [0.29, 0.717) is 15.7 Å². The highest BCUT2D eigenvalue weighted by Gasteiger charge is 2.20. The van der Waals surface area contributed by atoms with E-state index in [1.54, 1.807) is 12.1 Å². The smallest absolute Gasteiger partial charge is 0.262 e. The predicted octanol–water partition coefficient (Wildman–Crippen LogP) is 3.16. The fourth-order valence-corrected chi connectivity index (χ4v) is 3.70. The molecule has 0 saturated carbocycles. The van der Waals surface area contributed by atoms with E-state index in [1.165, 1.54) is 12.1 Å². The summed E-state index contributed by atoms with van der Waals surface area (Å²) in [5.74, 6) is -0.629. The Bertz CT molecular complexity index is 779. The Labute approximate surface area is 131 Å². The third-order valence-electron chi connectivity index (χ3n) is 2.97. The first-order chi connectivity index (χ1) is 9.85. The summed E-state index contributed by atoms with van der Waals surface area (Å²) in [7, 11) is -3.92. The van der Waals surface area contributed by atoms with Crippen LogP contribution in [0.2, 0.25) is 0 Å². The monoisotopic (exact) mass is 372 g/mol. The molecule has 0 saturated heterocycles. The molecule has 21 heavy (non-hydrogen) atoms. The first-order valence-electron chi connectivity index (χ1n) is 6.11. The fraction of sp³-hybridized carbons (Fsp3) is 0.143. The number of halogens is 2. The first-order valence-corrected chi connectivity index (χ1v) is 8.39. The Hall–Kier alpha value is -1.44. The summed E-state index contributed by atoms with van der Waals surface area (Å²) >= 11 is 3.33. The molecule has 0 unspecified atom stereocenters. The van der Waals surface area contributed by atoms with Gasteiger partial charge in [0.05, 0.1) is 10.6 Å². The molecule has 0 aliphatic rings. The van der Waals surface area contributed by atoms with Crippen molar-refractivity contribution in [2.45, 2.75) is 18.4 Å². The van der Waals surface area contributed by atoms with Gasteiger partial charge in [0.25, 0.3) is 10.0 Å². The van der Waals surface area contributed by atoms with E-state index in [4.69, 9.17) is 5.73 Å². The molecule has 112 valence electrons. The maximum absolute atomic E-state index is 13.4. The van der Waals surface area contributed by atoms with E-state index >= 15 is 0 Å². The second-order valence-corrected chi connectivity index (χ2v) is 6.94. The number of nitrogens with one attached hydrogen (secondary N) is 1. The largest absolute Gasteiger partial charge is 0.326 e. The highest BCUT2D eigenvalue weighted by molar-refractivity contribution is 9.10. The van der Waals surface area contributed by atoms with Crippen molar-refractivity contribution < 1.29 is 12.8 Å². The molecule has 2 aromatic rings. The number of aryl methyl sites for hydroxylation is 1. The van der Waals surface area contributed by atoms with Gasteiger partial charge in [-0.25, -0.2) is 12.8 Å². The first kappa shape index (κ1) is 15.9. The van der Waals surface area contributed by atoms with Crippen LogP contribution in [0, 0.1) is 12.7 Å². The Morgan fingerprint density at radius 1 is 1.29 bits per heavy atom. The van der Waals surface area contributed by atoms with Crippen molar-refractivity contribution in [2.24, 2.45) is 5.73 Å². The van der Waals surface area contributed by atoms with Crippen molar-refractivity contribution in [3.8, 4) is 0 Å². The molecule has 0 amide bonds. The van der Waals surface area contributed by atoms with E-state index in [9.17, 15) is 12.8 Å². The van der Waals surface area contributed by atoms with Crippen LogP contribution in [0.25, 0.3) is 0 Å². The average Bonchev–Trinajstić information content (AvgIpc) is 2.44. The molecule has 2 aromatic carbocycles. The van der Waals surface area contributed by atoms with Crippen LogP contribution in [0.15, 0.2) is 45.8 Å². The molecule has 0 atom stereocenters. The van der Waals surface area contributed by atoms with Gasteiger partial charge in [0.1, 0.15) is 5.82 Å². The van der Waals surface area contributed by atoms with Crippen LogP contribution in [0.1, 0.15) is 11.1 Å². The van der Waals surface area contributed by atoms with E-state index in [2.05, 4.69) is 20.7 Å². The van der Waals surface area contributed by atoms with Crippen molar-refractivity contribution >= 4 is 31.6 Å². The summed E-state index contributed by atoms with van der Waals surface area (Å²) < 4.78 is 41.3. The molecule has 0 heterocycles. The highest BCUT2D eigenvalue weighted by atomic mass is 79.9. The highest BCUT2D eigenvalue weighted by Crippen LogP contribution is 2.28. The third kappa shape index (κ3) is 3.42. The van der Waals surface area contributed by atoms with Crippen LogP contribution in [-0.2, 0) is 16.6 Å². The lowest BCUT2D eigenvalue weighted by Gasteiger charge is -2.13. The summed E-state index contributed by atoms with van der Waals surface area (Å²) in [6, 6.07) is 8.71. The predicted molar refractivity (Wildman–Crippen MR) is 84.0 cm³/mol. The Balaban J connectivity index is 2.48. The number of hydrogen-bond acceptors (Lipinski definition) is 3. The number of sulfonamides is 1. The molecule has 7 heteroatoms. The van der Waals surface area contributed by atoms with E-state index in [0.717, 1.165) is 11.6 Å². The van der Waals surface area contributed by atoms with Crippen molar-refractivity contribution in [3.05, 3.63) is 57.8 Å². The molecule has 4 nitrogen and oxygen atoms in total. The molecule has 0 aromatic heterocycles. The molecule has 0 bridgehead atoms. The summed E-state index contributed by atoms with van der Waals surface area (Å²) in [5.41, 5.74) is 7.15. The quantitative estimate of drug-likeness (QED) is 0.865. The molecule has 0 radical (unpaired) electrons. The Morgan fingerprint density at radius 3 is 2.67 bits per heavy atom. The molecule has 3 N–H and O–H groups in total. The molecule has 0 fully saturated rings. The zero-order valence-electron chi connectivity index (χ0n) is 11.2. The molecule has 0 aliphatic heterocycles. The van der Waals surface area contributed by atoms with Gasteiger partial charge in [0, 0.05) is 11.0 Å². The van der Waals surface area contributed by atoms with Crippen molar-refractivity contribution in [3.63, 3.8) is 0 Å². The SMILES string of the molecule is Cc1cccc(NS(=O)(=O)c2cc(F)ccc2CN)c1Br. The topological polar surface area (TPSA) is 72.2 Å². The summed E-state index contributed by atoms with van der Waals surface area (Å²) in [6.45, 7) is 1.85. The minimum Gasteiger partial charge on any atom is -0.326 e. The second kappa shape index (κ2) is 6.13. The Morgan fingerprint density at radius 2 is 2.00 bits per heavy atom. The maximum atomic E-state index is 13.4. The van der Waals surface area contributed by atoms with E-state index in [1.807, 2.05) is 13.0 Å². The molecule has 2 rings (SSSR count). The lowest BCUT2D eigenvalue weighted by Crippen LogP contribution is -2.17. The second-order valence-electron chi connectivity index (χ2n) is 4.50. The van der Waals surface area contributed by atoms with Gasteiger partial charge in [0.2, 0.25) is 0 Å². The third-order valence-corrected chi connectivity index (χ3v) is 5.48. The number of hydrogen-bond donors (Lipinski definition) is 2. The summed E-state index contributed by atoms with van der Waals surface area (Å²) in [4.78, 5) is -0.154. The van der Waals surface area contributed by atoms with Crippen LogP contribution < -0.4 is 10.5 Å². The van der Waals surface area contributed by atoms with Gasteiger partial charge in [-0.15, -0.1) is 0 Å². The standard InChI is InChI=1S/C14H14BrFN2O2S/c1-9-3-2-4-12(14(9)15)18-21(19,20)13-7-11(16)6-5-10(13)8-17/h2-7,18H,8,17H2,1H3. The van der Waals surface area contributed by atoms with Crippen LogP contribution in [0.3, 0.4) is 0 Å². The van der Waals surface area contributed by atoms with Crippen LogP contribution in [0.4, 0.5) is 10.1 Å². The van der Waals surface area contributed by atoms with E-state index in [-0.39, 0.29) is 11.4 Å². The minimum atomic E-state index is -3.92. The zero-order chi connectivity index (χ0) is 15.6. The lowest BCUT2D eigenvalue weighted by molar-refractivity contribution is 0.593. The number of nitrogens with two attached hydrogens (primary N) is 1. The van der Waals surface area contributed by atoms with Crippen LogP contribution in [0.5, 0.6) is 0 Å². The fourth-order valence-electron chi connectivity index (χ4n) is 1.87. The van der Waals surface area contributed by atoms with Gasteiger partial charge < -0.3 is 5.73 Å². The zero-order valence-corrected chi connectivity index (χ0v) is 13.6. The van der Waals surface area contributed by atoms with Crippen LogP contribution in [-0.4, -0.2) is 8.42 Å². The van der Waals surface area contributed by atoms with Gasteiger partial charge in [-0.2, -0.15) is 0 Å². The summed E-state index contributed by atoms with van der Waals surface area (Å²) in [5, 5.41) is 0. The average molecular weight is 373 g/mol. The Kier molecular flexibility index (Phi) is 4.65. The van der Waals surface area contributed by atoms with Gasteiger partial charge >= 0.3 is 0 Å². The molecule has 0 spiro atoms. The van der Waals surface area contributed by atoms with Gasteiger partial charge in [-0.3, -0.25) is 4.72 Å². The van der Waals surface area contributed by atoms with Gasteiger partial charge in [0.15, 0.2) is 0 Å². The van der Waals surface area contributed by atoms with Crippen LogP contribution >= 0.6 is 15.9 Å². The minimum absolute atomic E-state index is 0.00547. The number of rotatable bonds is 4. The van der Waals surface area contributed by atoms with Crippen molar-refractivity contribution in [1.82, 2.24) is 0 Å². The summed E-state index contributed by atoms with van der Waals surface area (Å²) in [6.07, 6.45) is 0. The number of benzene rings is 2. The molecule has 0 aliphatic carbocycles. The van der Waals surface area contributed by atoms with Crippen molar-refractivity contribution in [2.75, 3.05) is 4.72 Å². The molecular formula is C14H14BrFN2O2S. The van der Waals surface area contributed by atoms with Crippen molar-refractivity contribution in [1.29, 1.82) is 0 Å². The normalized spacial score (nSPS) is 11.4. The van der Waals surface area contributed by atoms with Gasteiger partial charge in [-0.1, -0.05) is 18.2 Å². The lowest BCUT2D eigenvalue weighted by atomic mass is 10.2. The number of anilines is 1. The molecular weight excluding hydrogens is 359 g/mol. The van der Waals surface area contributed by atoms with E-state index < -0.39 is 15.8 Å².